The van der Waals surface area contributed by atoms with Gasteiger partial charge in [-0.3, -0.25) is 0 Å². The van der Waals surface area contributed by atoms with E-state index in [4.69, 9.17) is 4.42 Å². The molecule has 59 heavy (non-hydrogen) atoms. The lowest BCUT2D eigenvalue weighted by Crippen LogP contribution is -2.26. The van der Waals surface area contributed by atoms with Gasteiger partial charge in [0.05, 0.1) is 11.1 Å². The summed E-state index contributed by atoms with van der Waals surface area (Å²) in [6.07, 6.45) is 0. The number of benzene rings is 10. The molecule has 2 aliphatic carbocycles. The van der Waals surface area contributed by atoms with Gasteiger partial charge >= 0.3 is 0 Å². The third-order valence-corrected chi connectivity index (χ3v) is 13.1. The van der Waals surface area contributed by atoms with Crippen LogP contribution in [0.1, 0.15) is 22.3 Å². The first kappa shape index (κ1) is 32.4. The number of hydrogen-bond acceptors (Lipinski definition) is 2. The van der Waals surface area contributed by atoms with Gasteiger partial charge in [0.25, 0.3) is 0 Å². The topological polar surface area (TPSA) is 16.4 Å². The smallest absolute Gasteiger partial charge is 0.145 e. The largest absolute Gasteiger partial charge is 0.455 e. The predicted octanol–water partition coefficient (Wildman–Crippen LogP) is 15.4. The number of nitrogens with zero attached hydrogens (tertiary/aromatic N) is 1. The van der Waals surface area contributed by atoms with Crippen LogP contribution in [0.25, 0.3) is 76.9 Å². The van der Waals surface area contributed by atoms with Gasteiger partial charge in [0.1, 0.15) is 11.2 Å². The van der Waals surface area contributed by atoms with Crippen LogP contribution in [-0.2, 0) is 5.41 Å². The van der Waals surface area contributed by atoms with E-state index < -0.39 is 5.41 Å². The Balaban J connectivity index is 1.13. The predicted molar refractivity (Wildman–Crippen MR) is 245 cm³/mol. The molecule has 1 aromatic heterocycles. The summed E-state index contributed by atoms with van der Waals surface area (Å²) in [5.74, 6) is 0. The number of anilines is 3. The number of rotatable bonds is 4. The highest BCUT2D eigenvalue weighted by molar-refractivity contribution is 6.31. The Morgan fingerprint density at radius 2 is 0.847 bits per heavy atom. The Kier molecular flexibility index (Phi) is 6.68. The molecule has 2 aliphatic rings. The van der Waals surface area contributed by atoms with Crippen LogP contribution in [0.2, 0.25) is 0 Å². The fourth-order valence-electron chi connectivity index (χ4n) is 10.8. The van der Waals surface area contributed by atoms with Gasteiger partial charge in [-0.1, -0.05) is 176 Å². The van der Waals surface area contributed by atoms with Crippen molar-refractivity contribution in [2.75, 3.05) is 4.90 Å². The zero-order valence-corrected chi connectivity index (χ0v) is 32.1. The van der Waals surface area contributed by atoms with Gasteiger partial charge < -0.3 is 9.32 Å². The van der Waals surface area contributed by atoms with Gasteiger partial charge in [0.15, 0.2) is 0 Å². The fourth-order valence-corrected chi connectivity index (χ4v) is 10.8. The van der Waals surface area contributed by atoms with E-state index in [1.54, 1.807) is 0 Å². The molecule has 0 radical (unpaired) electrons. The van der Waals surface area contributed by atoms with Gasteiger partial charge in [-0.25, -0.2) is 0 Å². The van der Waals surface area contributed by atoms with Crippen LogP contribution < -0.4 is 4.90 Å². The Labute approximate surface area is 341 Å². The Bertz CT molecular complexity index is 3440. The molecule has 274 valence electrons. The number of para-hydroxylation sites is 1. The molecule has 2 nitrogen and oxygen atoms in total. The highest BCUT2D eigenvalue weighted by atomic mass is 16.3. The van der Waals surface area contributed by atoms with Crippen molar-refractivity contribution in [1.29, 1.82) is 0 Å². The van der Waals surface area contributed by atoms with Crippen LogP contribution in [0.4, 0.5) is 17.1 Å². The SMILES string of the molecule is c1ccc(-c2c(N(c3ccccc3)c3ccc4c(c3)C3(c5ccccc5-c5ccccc53)c3ccccc3-4)ccc3c2oc2c4ccccc4c4ccccc4c32)cc1. The van der Waals surface area contributed by atoms with Gasteiger partial charge in [0.2, 0.25) is 0 Å². The van der Waals surface area contributed by atoms with E-state index in [1.807, 2.05) is 0 Å². The van der Waals surface area contributed by atoms with Gasteiger partial charge in [-0.15, -0.1) is 0 Å². The standard InChI is InChI=1S/C57H35NO/c1-3-17-36(18-4-1)53-52(34-33-47-54-45-26-9-7-21-39(45)40-22-8-10-27-46(40)55(54)59-56(47)53)58(37-19-5-2-6-20-37)38-31-32-44-43-25-13-16-30-50(43)57(51(44)35-38)48-28-14-11-23-41(48)42-24-12-15-29-49(42)57/h1-35H. The molecule has 13 rings (SSSR count). The van der Waals surface area contributed by atoms with E-state index in [1.165, 1.54) is 60.7 Å². The second-order valence-corrected chi connectivity index (χ2v) is 15.9. The summed E-state index contributed by atoms with van der Waals surface area (Å²) in [6, 6.07) is 77.8. The van der Waals surface area contributed by atoms with Crippen molar-refractivity contribution >= 4 is 60.5 Å². The zero-order chi connectivity index (χ0) is 38.7. The minimum atomic E-state index is -0.454. The maximum Gasteiger partial charge on any atom is 0.145 e. The van der Waals surface area contributed by atoms with Crippen molar-refractivity contribution in [3.63, 3.8) is 0 Å². The number of fused-ring (bicyclic) bond motifs is 18. The summed E-state index contributed by atoms with van der Waals surface area (Å²) in [5.41, 5.74) is 17.2. The summed E-state index contributed by atoms with van der Waals surface area (Å²) in [6.45, 7) is 0. The Morgan fingerprint density at radius 1 is 0.339 bits per heavy atom. The van der Waals surface area contributed by atoms with Gasteiger partial charge in [-0.2, -0.15) is 0 Å². The third kappa shape index (κ3) is 4.30. The lowest BCUT2D eigenvalue weighted by atomic mass is 9.70. The molecule has 0 bridgehead atoms. The minimum absolute atomic E-state index is 0.454. The van der Waals surface area contributed by atoms with Crippen molar-refractivity contribution in [2.45, 2.75) is 5.41 Å². The van der Waals surface area contributed by atoms with Crippen molar-refractivity contribution in [3.8, 4) is 33.4 Å². The maximum atomic E-state index is 7.27. The lowest BCUT2D eigenvalue weighted by molar-refractivity contribution is 0.674. The number of hydrogen-bond donors (Lipinski definition) is 0. The van der Waals surface area contributed by atoms with Crippen LogP contribution in [-0.4, -0.2) is 0 Å². The van der Waals surface area contributed by atoms with Crippen molar-refractivity contribution in [3.05, 3.63) is 235 Å². The van der Waals surface area contributed by atoms with E-state index in [9.17, 15) is 0 Å². The first-order chi connectivity index (χ1) is 29.3. The van der Waals surface area contributed by atoms with E-state index in [2.05, 4.69) is 217 Å². The lowest BCUT2D eigenvalue weighted by Gasteiger charge is -2.32. The molecule has 2 heteroatoms. The first-order valence-corrected chi connectivity index (χ1v) is 20.4. The monoisotopic (exact) mass is 749 g/mol. The molecule has 0 N–H and O–H groups in total. The average molecular weight is 750 g/mol. The summed E-state index contributed by atoms with van der Waals surface area (Å²) in [7, 11) is 0. The van der Waals surface area contributed by atoms with E-state index in [0.717, 1.165) is 55.5 Å². The third-order valence-electron chi connectivity index (χ3n) is 13.1. The van der Waals surface area contributed by atoms with Crippen LogP contribution >= 0.6 is 0 Å². The van der Waals surface area contributed by atoms with Crippen LogP contribution in [0, 0.1) is 0 Å². The number of furan rings is 1. The summed E-state index contributed by atoms with van der Waals surface area (Å²) in [5, 5.41) is 7.02. The van der Waals surface area contributed by atoms with Crippen molar-refractivity contribution in [1.82, 2.24) is 0 Å². The Morgan fingerprint density at radius 3 is 1.49 bits per heavy atom. The van der Waals surface area contributed by atoms with Crippen LogP contribution in [0.15, 0.2) is 217 Å². The van der Waals surface area contributed by atoms with Gasteiger partial charge in [-0.05, 0) is 103 Å². The molecule has 0 fully saturated rings. The molecule has 10 aromatic carbocycles. The molecular weight excluding hydrogens is 715 g/mol. The van der Waals surface area contributed by atoms with Crippen LogP contribution in [0.5, 0.6) is 0 Å². The molecule has 11 aromatic rings. The van der Waals surface area contributed by atoms with Crippen molar-refractivity contribution < 1.29 is 4.42 Å². The van der Waals surface area contributed by atoms with E-state index in [0.29, 0.717) is 0 Å². The first-order valence-electron chi connectivity index (χ1n) is 20.4. The highest BCUT2D eigenvalue weighted by Crippen LogP contribution is 2.63. The second kappa shape index (κ2) is 12.2. The molecule has 0 saturated heterocycles. The summed E-state index contributed by atoms with van der Waals surface area (Å²) >= 11 is 0. The second-order valence-electron chi connectivity index (χ2n) is 15.9. The van der Waals surface area contributed by atoms with E-state index in [-0.39, 0.29) is 0 Å². The molecule has 1 heterocycles. The molecule has 1 spiro atoms. The fraction of sp³-hybridized carbons (Fsp3) is 0.0175. The van der Waals surface area contributed by atoms with Crippen LogP contribution in [0.3, 0.4) is 0 Å². The molecule has 0 atom stereocenters. The quantitative estimate of drug-likeness (QED) is 0.167. The highest BCUT2D eigenvalue weighted by Gasteiger charge is 2.51. The van der Waals surface area contributed by atoms with Crippen molar-refractivity contribution in [2.24, 2.45) is 0 Å². The van der Waals surface area contributed by atoms with Gasteiger partial charge in [0, 0.05) is 33.1 Å². The van der Waals surface area contributed by atoms with E-state index >= 15 is 0 Å². The normalized spacial score (nSPS) is 13.2. The minimum Gasteiger partial charge on any atom is -0.455 e. The summed E-state index contributed by atoms with van der Waals surface area (Å²) in [4.78, 5) is 2.44. The molecule has 0 saturated carbocycles. The summed E-state index contributed by atoms with van der Waals surface area (Å²) < 4.78 is 7.27. The molecular formula is C57H35NO. The molecule has 0 unspecified atom stereocenters. The molecule has 0 aliphatic heterocycles. The average Bonchev–Trinajstić information content (AvgIpc) is 3.95. The molecule has 0 amide bonds. The zero-order valence-electron chi connectivity index (χ0n) is 32.1. The maximum absolute atomic E-state index is 7.27. The Hall–Kier alpha value is -7.68.